The van der Waals surface area contributed by atoms with Crippen molar-refractivity contribution in [2.45, 2.75) is 57.7 Å². The van der Waals surface area contributed by atoms with Gasteiger partial charge >= 0.3 is 6.09 Å². The Labute approximate surface area is 120 Å². The van der Waals surface area contributed by atoms with Crippen molar-refractivity contribution in [3.05, 3.63) is 0 Å². The summed E-state index contributed by atoms with van der Waals surface area (Å²) in [5, 5.41) is 6.13. The molecule has 2 saturated heterocycles. The topological polar surface area (TPSA) is 70.7 Å². The summed E-state index contributed by atoms with van der Waals surface area (Å²) in [5.41, 5.74) is -0.507. The van der Waals surface area contributed by atoms with E-state index in [-0.39, 0.29) is 18.0 Å². The molecule has 20 heavy (non-hydrogen) atoms. The first kappa shape index (κ1) is 15.1. The van der Waals surface area contributed by atoms with Crippen LogP contribution in [0.1, 0.15) is 40.0 Å². The largest absolute Gasteiger partial charge is 0.444 e. The Bertz CT molecular complexity index is 378. The smallest absolute Gasteiger partial charge is 0.407 e. The van der Waals surface area contributed by atoms with E-state index in [0.717, 1.165) is 25.9 Å². The molecule has 2 amide bonds. The third-order valence-electron chi connectivity index (χ3n) is 3.64. The number of piperidine rings is 1. The maximum Gasteiger partial charge on any atom is 0.407 e. The Hall–Kier alpha value is -1.30. The van der Waals surface area contributed by atoms with Gasteiger partial charge in [-0.05, 0) is 33.6 Å². The summed E-state index contributed by atoms with van der Waals surface area (Å²) in [6.45, 7) is 7.71. The molecule has 0 bridgehead atoms. The molecule has 2 N–H and O–H groups in total. The van der Waals surface area contributed by atoms with Gasteiger partial charge in [-0.1, -0.05) is 0 Å². The molecule has 0 radical (unpaired) electrons. The number of carbonyl (C=O) groups excluding carboxylic acids is 2. The monoisotopic (exact) mass is 283 g/mol. The molecule has 0 aromatic carbocycles. The molecule has 0 aromatic rings. The highest BCUT2D eigenvalue weighted by molar-refractivity contribution is 5.77. The van der Waals surface area contributed by atoms with E-state index < -0.39 is 11.7 Å². The van der Waals surface area contributed by atoms with E-state index in [4.69, 9.17) is 4.74 Å². The molecular formula is C14H25N3O3. The van der Waals surface area contributed by atoms with E-state index >= 15 is 0 Å². The van der Waals surface area contributed by atoms with Gasteiger partial charge in [-0.25, -0.2) is 4.79 Å². The first-order chi connectivity index (χ1) is 9.37. The zero-order chi connectivity index (χ0) is 14.8. The summed E-state index contributed by atoms with van der Waals surface area (Å²) in [6.07, 6.45) is 2.22. The Morgan fingerprint density at radius 3 is 2.75 bits per heavy atom. The fourth-order valence-electron chi connectivity index (χ4n) is 2.78. The molecule has 1 unspecified atom stereocenters. The standard InChI is InChI=1S/C14H25N3O3/c1-14(2,3)20-13(19)16-10-8-15-9-11(10)17-7-5-4-6-12(17)18/h10-11,15H,4-9H2,1-3H3,(H,16,19)/t10-,11?/m0/s1. The van der Waals surface area contributed by atoms with Gasteiger partial charge in [0.15, 0.2) is 0 Å². The number of nitrogens with zero attached hydrogens (tertiary/aromatic N) is 1. The summed E-state index contributed by atoms with van der Waals surface area (Å²) >= 11 is 0. The molecule has 2 heterocycles. The van der Waals surface area contributed by atoms with Crippen molar-refractivity contribution >= 4 is 12.0 Å². The highest BCUT2D eigenvalue weighted by atomic mass is 16.6. The first-order valence-electron chi connectivity index (χ1n) is 7.36. The lowest BCUT2D eigenvalue weighted by Gasteiger charge is -2.35. The highest BCUT2D eigenvalue weighted by Crippen LogP contribution is 2.18. The number of nitrogens with one attached hydrogen (secondary N) is 2. The van der Waals surface area contributed by atoms with Gasteiger partial charge in [0.05, 0.1) is 12.1 Å². The van der Waals surface area contributed by atoms with Gasteiger partial charge in [0.1, 0.15) is 5.60 Å². The second kappa shape index (κ2) is 5.99. The summed E-state index contributed by atoms with van der Waals surface area (Å²) in [4.78, 5) is 25.8. The minimum absolute atomic E-state index is 0.0373. The maximum absolute atomic E-state index is 12.0. The average molecular weight is 283 g/mol. The molecule has 6 nitrogen and oxygen atoms in total. The molecule has 0 saturated carbocycles. The Kier molecular flexibility index (Phi) is 4.52. The van der Waals surface area contributed by atoms with Crippen LogP contribution in [0.3, 0.4) is 0 Å². The Morgan fingerprint density at radius 2 is 2.10 bits per heavy atom. The molecular weight excluding hydrogens is 258 g/mol. The molecule has 2 rings (SSSR count). The lowest BCUT2D eigenvalue weighted by Crippen LogP contribution is -2.54. The number of rotatable bonds is 2. The zero-order valence-electron chi connectivity index (χ0n) is 12.6. The minimum atomic E-state index is -0.507. The zero-order valence-corrected chi connectivity index (χ0v) is 12.6. The van der Waals surface area contributed by atoms with Crippen LogP contribution in [0.4, 0.5) is 4.79 Å². The normalized spacial score (nSPS) is 27.6. The van der Waals surface area contributed by atoms with Crippen LogP contribution in [0.5, 0.6) is 0 Å². The maximum atomic E-state index is 12.0. The Morgan fingerprint density at radius 1 is 1.35 bits per heavy atom. The molecule has 0 aliphatic carbocycles. The first-order valence-corrected chi connectivity index (χ1v) is 7.36. The van der Waals surface area contributed by atoms with Crippen LogP contribution in [0.15, 0.2) is 0 Å². The van der Waals surface area contributed by atoms with E-state index in [1.807, 2.05) is 25.7 Å². The number of hydrogen-bond donors (Lipinski definition) is 2. The van der Waals surface area contributed by atoms with Crippen LogP contribution in [-0.2, 0) is 9.53 Å². The fourth-order valence-corrected chi connectivity index (χ4v) is 2.78. The van der Waals surface area contributed by atoms with E-state index in [1.54, 1.807) is 0 Å². The van der Waals surface area contributed by atoms with Crippen molar-refractivity contribution in [2.24, 2.45) is 0 Å². The molecule has 0 aromatic heterocycles. The van der Waals surface area contributed by atoms with Crippen LogP contribution >= 0.6 is 0 Å². The number of amides is 2. The Balaban J connectivity index is 1.93. The minimum Gasteiger partial charge on any atom is -0.444 e. The van der Waals surface area contributed by atoms with Gasteiger partial charge < -0.3 is 20.3 Å². The average Bonchev–Trinajstić information content (AvgIpc) is 2.75. The summed E-state index contributed by atoms with van der Waals surface area (Å²) in [6, 6.07) is -0.0396. The summed E-state index contributed by atoms with van der Waals surface area (Å²) < 4.78 is 5.28. The highest BCUT2D eigenvalue weighted by Gasteiger charge is 2.37. The van der Waals surface area contributed by atoms with Gasteiger partial charge in [0, 0.05) is 26.1 Å². The lowest BCUT2D eigenvalue weighted by atomic mass is 10.0. The number of likely N-dealkylation sites (tertiary alicyclic amines) is 1. The van der Waals surface area contributed by atoms with Crippen molar-refractivity contribution in [2.75, 3.05) is 19.6 Å². The molecule has 6 heteroatoms. The van der Waals surface area contributed by atoms with Crippen LogP contribution in [0.2, 0.25) is 0 Å². The van der Waals surface area contributed by atoms with Crippen LogP contribution in [0, 0.1) is 0 Å². The van der Waals surface area contributed by atoms with Crippen LogP contribution < -0.4 is 10.6 Å². The molecule has 2 atom stereocenters. The quantitative estimate of drug-likeness (QED) is 0.788. The SMILES string of the molecule is CC(C)(C)OC(=O)N[C@H]1CNCC1N1CCCCC1=O. The number of hydrogen-bond acceptors (Lipinski definition) is 4. The lowest BCUT2D eigenvalue weighted by molar-refractivity contribution is -0.135. The van der Waals surface area contributed by atoms with E-state index in [9.17, 15) is 9.59 Å². The number of alkyl carbamates (subject to hydrolysis) is 1. The van der Waals surface area contributed by atoms with Crippen molar-refractivity contribution in [3.8, 4) is 0 Å². The van der Waals surface area contributed by atoms with Crippen LogP contribution in [0.25, 0.3) is 0 Å². The molecule has 114 valence electrons. The van der Waals surface area contributed by atoms with Gasteiger partial charge in [-0.2, -0.15) is 0 Å². The van der Waals surface area contributed by atoms with Crippen LogP contribution in [-0.4, -0.2) is 54.2 Å². The van der Waals surface area contributed by atoms with Crippen molar-refractivity contribution < 1.29 is 14.3 Å². The van der Waals surface area contributed by atoms with Gasteiger partial charge in [0.2, 0.25) is 5.91 Å². The van der Waals surface area contributed by atoms with E-state index in [2.05, 4.69) is 10.6 Å². The van der Waals surface area contributed by atoms with Gasteiger partial charge in [-0.15, -0.1) is 0 Å². The van der Waals surface area contributed by atoms with Gasteiger partial charge in [-0.3, -0.25) is 4.79 Å². The van der Waals surface area contributed by atoms with Crippen molar-refractivity contribution in [1.29, 1.82) is 0 Å². The van der Waals surface area contributed by atoms with Gasteiger partial charge in [0.25, 0.3) is 0 Å². The summed E-state index contributed by atoms with van der Waals surface area (Å²) in [5.74, 6) is 0.195. The summed E-state index contributed by atoms with van der Waals surface area (Å²) in [7, 11) is 0. The second-order valence-electron chi connectivity index (χ2n) is 6.52. The van der Waals surface area contributed by atoms with E-state index in [0.29, 0.717) is 13.0 Å². The molecule has 2 fully saturated rings. The van der Waals surface area contributed by atoms with Crippen molar-refractivity contribution in [1.82, 2.24) is 15.5 Å². The second-order valence-corrected chi connectivity index (χ2v) is 6.52. The fraction of sp³-hybridized carbons (Fsp3) is 0.857. The number of carbonyl (C=O) groups is 2. The molecule has 2 aliphatic heterocycles. The number of ether oxygens (including phenoxy) is 1. The third kappa shape index (κ3) is 3.85. The predicted molar refractivity (Wildman–Crippen MR) is 75.4 cm³/mol. The van der Waals surface area contributed by atoms with Crippen molar-refractivity contribution in [3.63, 3.8) is 0 Å². The predicted octanol–water partition coefficient (Wildman–Crippen LogP) is 0.864. The third-order valence-corrected chi connectivity index (χ3v) is 3.64. The molecule has 0 spiro atoms. The molecule has 2 aliphatic rings. The van der Waals surface area contributed by atoms with E-state index in [1.165, 1.54) is 0 Å².